The van der Waals surface area contributed by atoms with Crippen LogP contribution in [0.5, 0.6) is 0 Å². The van der Waals surface area contributed by atoms with Gasteiger partial charge in [0.1, 0.15) is 0 Å². The topological polar surface area (TPSA) is 0 Å². The fourth-order valence-electron chi connectivity index (χ4n) is 0. The summed E-state index contributed by atoms with van der Waals surface area (Å²) in [6, 6.07) is 0. The van der Waals surface area contributed by atoms with Crippen molar-refractivity contribution in [2.45, 2.75) is 0 Å². The van der Waals surface area contributed by atoms with Crippen molar-refractivity contribution >= 4 is 11.6 Å². The third-order valence-electron chi connectivity index (χ3n) is 0. The van der Waals surface area contributed by atoms with Gasteiger partial charge in [-0.05, 0) is 0 Å². The van der Waals surface area contributed by atoms with E-state index in [2.05, 4.69) is 11.6 Å². The Balaban J connectivity index is 0. The molecule has 0 saturated heterocycles. The molecule has 18 valence electrons. The van der Waals surface area contributed by atoms with E-state index in [1.54, 1.807) is 0 Å². The molecule has 0 atom stereocenters. The van der Waals surface area contributed by atoms with Crippen LogP contribution in [0.1, 0.15) is 0 Å². The molecule has 0 aliphatic carbocycles. The van der Waals surface area contributed by atoms with Crippen molar-refractivity contribution < 1.29 is 19.5 Å². The second-order valence-electron chi connectivity index (χ2n) is 0.0945. The molecule has 0 N–H and O–H groups in total. The molecule has 0 unspecified atom stereocenters. The molecule has 0 fully saturated rings. The summed E-state index contributed by atoms with van der Waals surface area (Å²) in [5, 5.41) is 1.47. The van der Waals surface area contributed by atoms with Crippen LogP contribution in [-0.4, -0.2) is 0 Å². The molecule has 0 spiro atoms. The third kappa shape index (κ3) is 24.0. The summed E-state index contributed by atoms with van der Waals surface area (Å²) in [7, 11) is 0. The van der Waals surface area contributed by atoms with Gasteiger partial charge < -0.3 is 6.42 Å². The minimum atomic E-state index is 0. The summed E-state index contributed by atoms with van der Waals surface area (Å²) < 4.78 is 0. The van der Waals surface area contributed by atoms with E-state index in [1.165, 1.54) is 5.38 Å². The van der Waals surface area contributed by atoms with Crippen LogP contribution in [0.15, 0.2) is 0 Å². The number of halogens is 1. The van der Waals surface area contributed by atoms with Crippen LogP contribution in [-0.2, 0) is 19.5 Å². The molecule has 0 aliphatic heterocycles. The predicted molar refractivity (Wildman–Crippen MR) is 13.0 cm³/mol. The molecule has 0 heterocycles. The molecular weight excluding hydrogens is 125 g/mol. The van der Waals surface area contributed by atoms with E-state index in [-0.39, 0.29) is 19.5 Å². The van der Waals surface area contributed by atoms with Crippen molar-refractivity contribution in [3.05, 3.63) is 6.42 Å². The van der Waals surface area contributed by atoms with E-state index in [0.29, 0.717) is 0 Å². The average molecular weight is 125 g/mol. The quantitative estimate of drug-likeness (QED) is 0.254. The summed E-state index contributed by atoms with van der Waals surface area (Å²) in [5.41, 5.74) is 0. The van der Waals surface area contributed by atoms with E-state index >= 15 is 0 Å². The molecule has 0 aromatic carbocycles. The Bertz CT molecular complexity index is 27.5. The van der Waals surface area contributed by atoms with Gasteiger partial charge in [-0.1, -0.05) is 11.6 Å². The first-order valence-electron chi connectivity index (χ1n) is 0.439. The van der Waals surface area contributed by atoms with E-state index in [9.17, 15) is 0 Å². The fourth-order valence-corrected chi connectivity index (χ4v) is 0. The smallest absolute Gasteiger partial charge is 0 e. The molecule has 0 radical (unpaired) electrons. The van der Waals surface area contributed by atoms with Crippen molar-refractivity contribution in [3.8, 4) is 5.38 Å². The average Bonchev–Trinajstić information content (AvgIpc) is 0.918. The molecule has 0 aromatic heterocycles. The normalized spacial score (nSPS) is 2.00. The summed E-state index contributed by atoms with van der Waals surface area (Å²) in [4.78, 5) is 0. The number of hydrogen-bond acceptors (Lipinski definition) is 0. The van der Waals surface area contributed by atoms with Crippen LogP contribution < -0.4 is 0 Å². The van der Waals surface area contributed by atoms with Gasteiger partial charge in [0.05, 0.1) is 0 Å². The maximum atomic E-state index is 5.72. The zero-order valence-corrected chi connectivity index (χ0v) is 5.81. The summed E-state index contributed by atoms with van der Waals surface area (Å²) in [6.07, 6.45) is 5.72. The van der Waals surface area contributed by atoms with Crippen LogP contribution in [0.25, 0.3) is 0 Å². The Kier molecular flexibility index (Phi) is 21.6. The van der Waals surface area contributed by atoms with Gasteiger partial charge in [-0.25, -0.2) is 0 Å². The molecule has 0 nitrogen and oxygen atoms in total. The largest absolute Gasteiger partial charge is 0.675 e. The van der Waals surface area contributed by atoms with Gasteiger partial charge >= 0.3 is 0 Å². The summed E-state index contributed by atoms with van der Waals surface area (Å²) in [5.74, 6) is 0. The Labute approximate surface area is 43.3 Å². The minimum Gasteiger partial charge on any atom is -0.675 e. The minimum absolute atomic E-state index is 0. The second kappa shape index (κ2) is 9.79. The second-order valence-corrected chi connectivity index (χ2v) is 0.283. The first-order valence-corrected chi connectivity index (χ1v) is 0.817. The van der Waals surface area contributed by atoms with Gasteiger partial charge in [0.25, 0.3) is 0 Å². The number of rotatable bonds is 0. The zero-order chi connectivity index (χ0) is 2.71. The first kappa shape index (κ1) is 8.82. The number of hydrogen-bond donors (Lipinski definition) is 0. The fraction of sp³-hybridized carbons (Fsp3) is 0. The van der Waals surface area contributed by atoms with E-state index in [4.69, 9.17) is 6.42 Å². The molecule has 0 rings (SSSR count). The predicted octanol–water partition coefficient (Wildman–Crippen LogP) is 0.770. The SMILES string of the molecule is [C-]#CCl.[Zn]. The van der Waals surface area contributed by atoms with Crippen molar-refractivity contribution in [3.63, 3.8) is 0 Å². The van der Waals surface area contributed by atoms with Crippen LogP contribution in [0, 0.1) is 11.8 Å². The van der Waals surface area contributed by atoms with Crippen molar-refractivity contribution in [2.75, 3.05) is 0 Å². The molecular formula is C2ClZn-. The maximum absolute atomic E-state index is 5.72. The monoisotopic (exact) mass is 123 g/mol. The Morgan fingerprint density at radius 3 is 1.75 bits per heavy atom. The standard InChI is InChI=1S/C2Cl.Zn/c1-2-3;/q-1;. The van der Waals surface area contributed by atoms with E-state index in [1.807, 2.05) is 0 Å². The van der Waals surface area contributed by atoms with Gasteiger partial charge in [0, 0.05) is 19.5 Å². The van der Waals surface area contributed by atoms with Crippen molar-refractivity contribution in [1.82, 2.24) is 0 Å². The molecule has 0 aromatic rings. The first-order chi connectivity index (χ1) is 1.41. The Hall–Kier alpha value is 0.473. The van der Waals surface area contributed by atoms with E-state index < -0.39 is 0 Å². The van der Waals surface area contributed by atoms with Crippen LogP contribution in [0.4, 0.5) is 0 Å². The summed E-state index contributed by atoms with van der Waals surface area (Å²) >= 11 is 4.42. The van der Waals surface area contributed by atoms with Crippen LogP contribution >= 0.6 is 11.6 Å². The van der Waals surface area contributed by atoms with Gasteiger partial charge in [0.15, 0.2) is 0 Å². The molecule has 0 bridgehead atoms. The van der Waals surface area contributed by atoms with Crippen molar-refractivity contribution in [1.29, 1.82) is 0 Å². The van der Waals surface area contributed by atoms with Gasteiger partial charge in [0.2, 0.25) is 0 Å². The van der Waals surface area contributed by atoms with Gasteiger partial charge in [-0.15, -0.1) is 0 Å². The van der Waals surface area contributed by atoms with Gasteiger partial charge in [-0.3, -0.25) is 5.38 Å². The van der Waals surface area contributed by atoms with E-state index in [0.717, 1.165) is 0 Å². The molecule has 0 saturated carbocycles. The molecule has 4 heavy (non-hydrogen) atoms. The molecule has 0 aliphatic rings. The Morgan fingerprint density at radius 1 is 1.75 bits per heavy atom. The van der Waals surface area contributed by atoms with Crippen LogP contribution in [0.3, 0.4) is 0 Å². The van der Waals surface area contributed by atoms with Crippen LogP contribution in [0.2, 0.25) is 0 Å². The summed E-state index contributed by atoms with van der Waals surface area (Å²) in [6.45, 7) is 0. The Morgan fingerprint density at radius 2 is 1.75 bits per heavy atom. The molecule has 2 heteroatoms. The van der Waals surface area contributed by atoms with Crippen molar-refractivity contribution in [2.24, 2.45) is 0 Å². The molecule has 0 amide bonds. The zero-order valence-electron chi connectivity index (χ0n) is 2.09. The van der Waals surface area contributed by atoms with Gasteiger partial charge in [-0.2, -0.15) is 0 Å². The maximum Gasteiger partial charge on any atom is 0 e. The third-order valence-corrected chi connectivity index (χ3v) is 0.